The molecule has 0 amide bonds. The molecular weight excluding hydrogens is 427 g/mol. The van der Waals surface area contributed by atoms with E-state index in [2.05, 4.69) is 14.5 Å². The van der Waals surface area contributed by atoms with Crippen molar-refractivity contribution in [1.82, 2.24) is 28.0 Å². The van der Waals surface area contributed by atoms with Gasteiger partial charge in [-0.15, -0.1) is 0 Å². The number of benzene rings is 1. The Labute approximate surface area is 189 Å². The van der Waals surface area contributed by atoms with E-state index in [4.69, 9.17) is 4.74 Å². The Morgan fingerprint density at radius 2 is 1.85 bits per heavy atom. The number of ether oxygens (including phenoxy) is 1. The van der Waals surface area contributed by atoms with Crippen molar-refractivity contribution in [1.29, 1.82) is 0 Å². The van der Waals surface area contributed by atoms with Crippen LogP contribution in [-0.2, 0) is 24.9 Å². The molecule has 1 aromatic carbocycles. The molecule has 1 aliphatic rings. The fourth-order valence-corrected chi connectivity index (χ4v) is 4.55. The molecule has 0 aliphatic carbocycles. The van der Waals surface area contributed by atoms with Crippen molar-refractivity contribution in [3.05, 3.63) is 68.4 Å². The lowest BCUT2D eigenvalue weighted by Crippen LogP contribution is -2.39. The summed E-state index contributed by atoms with van der Waals surface area (Å²) in [7, 11) is 1.59. The van der Waals surface area contributed by atoms with Gasteiger partial charge in [-0.2, -0.15) is 4.98 Å². The van der Waals surface area contributed by atoms with Gasteiger partial charge >= 0.3 is 5.69 Å². The molecule has 0 N–H and O–H groups in total. The quantitative estimate of drug-likeness (QED) is 0.440. The fraction of sp³-hybridized carbons (Fsp3) is 0.435. The van der Waals surface area contributed by atoms with E-state index in [0.717, 1.165) is 56.1 Å². The highest BCUT2D eigenvalue weighted by Gasteiger charge is 2.21. The Balaban J connectivity index is 1.53. The Morgan fingerprint density at radius 3 is 2.61 bits per heavy atom. The van der Waals surface area contributed by atoms with Gasteiger partial charge in [-0.25, -0.2) is 9.18 Å². The molecular formula is C23H27FN6O3. The first-order valence-electron chi connectivity index (χ1n) is 11.2. The number of fused-ring (bicyclic) bond motifs is 3. The average Bonchev–Trinajstić information content (AvgIpc) is 3.32. The molecule has 1 aliphatic heterocycles. The van der Waals surface area contributed by atoms with Gasteiger partial charge in [0.2, 0.25) is 5.78 Å². The van der Waals surface area contributed by atoms with Crippen LogP contribution in [0.4, 0.5) is 4.39 Å². The molecule has 0 spiro atoms. The summed E-state index contributed by atoms with van der Waals surface area (Å²) < 4.78 is 25.9. The van der Waals surface area contributed by atoms with E-state index in [9.17, 15) is 14.0 Å². The van der Waals surface area contributed by atoms with E-state index >= 15 is 0 Å². The largest absolute Gasteiger partial charge is 0.379 e. The molecule has 1 saturated heterocycles. The highest BCUT2D eigenvalue weighted by atomic mass is 19.1. The second-order valence-corrected chi connectivity index (χ2v) is 8.51. The van der Waals surface area contributed by atoms with E-state index in [-0.39, 0.29) is 12.1 Å². The van der Waals surface area contributed by atoms with Crippen molar-refractivity contribution in [2.24, 2.45) is 7.05 Å². The Bertz CT molecular complexity index is 1440. The lowest BCUT2D eigenvalue weighted by molar-refractivity contribution is 0.0369. The Morgan fingerprint density at radius 1 is 1.09 bits per heavy atom. The molecule has 0 atom stereocenters. The van der Waals surface area contributed by atoms with Gasteiger partial charge in [0.1, 0.15) is 5.82 Å². The lowest BCUT2D eigenvalue weighted by atomic mass is 10.2. The average molecular weight is 455 g/mol. The molecule has 0 unspecified atom stereocenters. The second kappa shape index (κ2) is 8.60. The first-order valence-corrected chi connectivity index (χ1v) is 11.2. The van der Waals surface area contributed by atoms with Gasteiger partial charge in [-0.05, 0) is 19.4 Å². The summed E-state index contributed by atoms with van der Waals surface area (Å²) in [6.45, 7) is 6.97. The van der Waals surface area contributed by atoms with Crippen LogP contribution >= 0.6 is 0 Å². The van der Waals surface area contributed by atoms with Crippen LogP contribution in [0, 0.1) is 12.7 Å². The molecule has 10 heteroatoms. The van der Waals surface area contributed by atoms with Crippen LogP contribution in [0.2, 0.25) is 0 Å². The van der Waals surface area contributed by atoms with Crippen molar-refractivity contribution in [2.75, 3.05) is 32.8 Å². The molecule has 5 rings (SSSR count). The van der Waals surface area contributed by atoms with E-state index in [1.54, 1.807) is 29.6 Å². The van der Waals surface area contributed by atoms with Crippen LogP contribution in [0.5, 0.6) is 0 Å². The maximum atomic E-state index is 14.2. The number of hydrogen-bond donors (Lipinski definition) is 0. The summed E-state index contributed by atoms with van der Waals surface area (Å²) in [6.07, 6.45) is 2.81. The summed E-state index contributed by atoms with van der Waals surface area (Å²) in [5, 5.41) is 0. The first-order chi connectivity index (χ1) is 16.0. The zero-order valence-electron chi connectivity index (χ0n) is 18.8. The minimum absolute atomic E-state index is 0.138. The van der Waals surface area contributed by atoms with Crippen LogP contribution in [0.15, 0.2) is 40.1 Å². The van der Waals surface area contributed by atoms with Crippen LogP contribution in [0.3, 0.4) is 0 Å². The number of aryl methyl sites for hydroxylation is 3. The van der Waals surface area contributed by atoms with Crippen molar-refractivity contribution in [2.45, 2.75) is 26.4 Å². The Hall–Kier alpha value is -3.24. The third-order valence-electron chi connectivity index (χ3n) is 6.39. The highest BCUT2D eigenvalue weighted by Crippen LogP contribution is 2.17. The maximum Gasteiger partial charge on any atom is 0.332 e. The van der Waals surface area contributed by atoms with Gasteiger partial charge < -0.3 is 9.30 Å². The van der Waals surface area contributed by atoms with Crippen LogP contribution in [0.1, 0.15) is 17.7 Å². The predicted octanol–water partition coefficient (Wildman–Crippen LogP) is 1.37. The standard InChI is InChI=1S/C23H27FN6O3/c1-16-14-29-19-20(25-22(29)28(16)9-5-8-27-10-12-33-13-11-27)26(2)23(32)30(21(19)31)15-17-6-3-4-7-18(17)24/h3-4,6-7,14H,5,8-13,15H2,1-2H3. The molecule has 4 aromatic rings. The molecule has 9 nitrogen and oxygen atoms in total. The number of halogens is 1. The van der Waals surface area contributed by atoms with Gasteiger partial charge in [0.15, 0.2) is 11.2 Å². The van der Waals surface area contributed by atoms with Crippen LogP contribution in [-0.4, -0.2) is 60.8 Å². The van der Waals surface area contributed by atoms with Gasteiger partial charge in [0.25, 0.3) is 5.56 Å². The third kappa shape index (κ3) is 3.79. The van der Waals surface area contributed by atoms with E-state index in [0.29, 0.717) is 16.9 Å². The molecule has 33 heavy (non-hydrogen) atoms. The highest BCUT2D eigenvalue weighted by molar-refractivity contribution is 5.75. The minimum atomic E-state index is -0.521. The summed E-state index contributed by atoms with van der Waals surface area (Å²) in [5.74, 6) is 0.174. The molecule has 174 valence electrons. The summed E-state index contributed by atoms with van der Waals surface area (Å²) in [4.78, 5) is 33.4. The topological polar surface area (TPSA) is 78.7 Å². The van der Waals surface area contributed by atoms with Gasteiger partial charge in [0, 0.05) is 50.7 Å². The number of nitrogens with zero attached hydrogens (tertiary/aromatic N) is 6. The summed E-state index contributed by atoms with van der Waals surface area (Å²) >= 11 is 0. The molecule has 0 saturated carbocycles. The monoisotopic (exact) mass is 454 g/mol. The third-order valence-corrected chi connectivity index (χ3v) is 6.39. The minimum Gasteiger partial charge on any atom is -0.379 e. The molecule has 4 heterocycles. The lowest BCUT2D eigenvalue weighted by Gasteiger charge is -2.26. The number of morpholine rings is 1. The van der Waals surface area contributed by atoms with Gasteiger partial charge in [-0.3, -0.25) is 23.2 Å². The van der Waals surface area contributed by atoms with Crippen molar-refractivity contribution >= 4 is 16.9 Å². The van der Waals surface area contributed by atoms with E-state index < -0.39 is 17.1 Å². The summed E-state index contributed by atoms with van der Waals surface area (Å²) in [5.41, 5.74) is 0.913. The number of hydrogen-bond acceptors (Lipinski definition) is 5. The molecule has 0 radical (unpaired) electrons. The fourth-order valence-electron chi connectivity index (χ4n) is 4.55. The van der Waals surface area contributed by atoms with Gasteiger partial charge in [0.05, 0.1) is 19.8 Å². The smallest absolute Gasteiger partial charge is 0.332 e. The summed E-state index contributed by atoms with van der Waals surface area (Å²) in [6, 6.07) is 6.16. The SMILES string of the molecule is Cc1cn2c3c(=O)n(Cc4ccccc4F)c(=O)n(C)c3nc2n1CCCN1CCOCC1. The molecule has 1 fully saturated rings. The first kappa shape index (κ1) is 21.6. The number of rotatable bonds is 6. The zero-order chi connectivity index (χ0) is 23.1. The van der Waals surface area contributed by atoms with Crippen molar-refractivity contribution in [3.8, 4) is 0 Å². The number of aromatic nitrogens is 5. The van der Waals surface area contributed by atoms with Crippen LogP contribution < -0.4 is 11.2 Å². The predicted molar refractivity (Wildman–Crippen MR) is 122 cm³/mol. The Kier molecular flexibility index (Phi) is 5.63. The maximum absolute atomic E-state index is 14.2. The second-order valence-electron chi connectivity index (χ2n) is 8.51. The van der Waals surface area contributed by atoms with Gasteiger partial charge in [-0.1, -0.05) is 18.2 Å². The van der Waals surface area contributed by atoms with Crippen molar-refractivity contribution in [3.63, 3.8) is 0 Å². The molecule has 0 bridgehead atoms. The van der Waals surface area contributed by atoms with E-state index in [1.165, 1.54) is 10.6 Å². The normalized spacial score (nSPS) is 15.1. The van der Waals surface area contributed by atoms with Crippen LogP contribution in [0.25, 0.3) is 16.9 Å². The van der Waals surface area contributed by atoms with Crippen molar-refractivity contribution < 1.29 is 9.13 Å². The molecule has 3 aromatic heterocycles. The number of imidazole rings is 2. The zero-order valence-corrected chi connectivity index (χ0v) is 18.8. The van der Waals surface area contributed by atoms with E-state index in [1.807, 2.05) is 13.1 Å².